The first-order chi connectivity index (χ1) is 10.7. The SMILES string of the molecule is CCCNC(=O)c1cc(Nc2ccc(OCC)cc2)ncn1. The molecule has 0 spiro atoms. The van der Waals surface area contributed by atoms with Gasteiger partial charge in [0.25, 0.3) is 5.91 Å². The first-order valence-electron chi connectivity index (χ1n) is 7.33. The van der Waals surface area contributed by atoms with Gasteiger partial charge < -0.3 is 15.4 Å². The summed E-state index contributed by atoms with van der Waals surface area (Å²) in [4.78, 5) is 20.0. The van der Waals surface area contributed by atoms with Crippen LogP contribution >= 0.6 is 0 Å². The zero-order valence-corrected chi connectivity index (χ0v) is 12.8. The fraction of sp³-hybridized carbons (Fsp3) is 0.312. The molecule has 0 aliphatic heterocycles. The number of anilines is 2. The van der Waals surface area contributed by atoms with Gasteiger partial charge >= 0.3 is 0 Å². The van der Waals surface area contributed by atoms with Crippen molar-refractivity contribution in [2.24, 2.45) is 0 Å². The Balaban J connectivity index is 2.04. The summed E-state index contributed by atoms with van der Waals surface area (Å²) in [6.07, 6.45) is 2.26. The predicted molar refractivity (Wildman–Crippen MR) is 85.5 cm³/mol. The van der Waals surface area contributed by atoms with Gasteiger partial charge in [0.15, 0.2) is 0 Å². The quantitative estimate of drug-likeness (QED) is 0.822. The lowest BCUT2D eigenvalue weighted by Gasteiger charge is -2.08. The summed E-state index contributed by atoms with van der Waals surface area (Å²) in [6, 6.07) is 9.17. The third-order valence-electron chi connectivity index (χ3n) is 2.87. The Morgan fingerprint density at radius 3 is 2.64 bits per heavy atom. The number of nitrogens with one attached hydrogen (secondary N) is 2. The molecule has 1 aromatic heterocycles. The molecule has 1 amide bonds. The average Bonchev–Trinajstić information content (AvgIpc) is 2.55. The zero-order chi connectivity index (χ0) is 15.8. The van der Waals surface area contributed by atoms with Crippen LogP contribution in [0.4, 0.5) is 11.5 Å². The maximum absolute atomic E-state index is 11.9. The molecule has 1 aromatic carbocycles. The van der Waals surface area contributed by atoms with Crippen LogP contribution in [0, 0.1) is 0 Å². The molecular formula is C16H20N4O2. The van der Waals surface area contributed by atoms with Crippen LogP contribution in [-0.4, -0.2) is 29.0 Å². The summed E-state index contributed by atoms with van der Waals surface area (Å²) >= 11 is 0. The number of ether oxygens (including phenoxy) is 1. The van der Waals surface area contributed by atoms with Gasteiger partial charge in [-0.25, -0.2) is 9.97 Å². The number of carbonyl (C=O) groups is 1. The molecule has 0 bridgehead atoms. The van der Waals surface area contributed by atoms with E-state index in [4.69, 9.17) is 4.74 Å². The lowest BCUT2D eigenvalue weighted by molar-refractivity contribution is 0.0948. The van der Waals surface area contributed by atoms with Gasteiger partial charge in [0, 0.05) is 18.3 Å². The summed E-state index contributed by atoms with van der Waals surface area (Å²) in [5, 5.41) is 5.93. The molecule has 6 nitrogen and oxygen atoms in total. The molecule has 2 aromatic rings. The Bertz CT molecular complexity index is 614. The minimum atomic E-state index is -0.195. The number of carbonyl (C=O) groups excluding carboxylic acids is 1. The maximum atomic E-state index is 11.9. The highest BCUT2D eigenvalue weighted by atomic mass is 16.5. The van der Waals surface area contributed by atoms with Crippen LogP contribution in [0.1, 0.15) is 30.8 Å². The molecule has 22 heavy (non-hydrogen) atoms. The van der Waals surface area contributed by atoms with Crippen molar-refractivity contribution in [2.45, 2.75) is 20.3 Å². The third-order valence-corrected chi connectivity index (χ3v) is 2.87. The molecule has 1 heterocycles. The summed E-state index contributed by atoms with van der Waals surface area (Å²) < 4.78 is 5.39. The van der Waals surface area contributed by atoms with Crippen molar-refractivity contribution in [1.82, 2.24) is 15.3 Å². The molecule has 0 saturated carbocycles. The zero-order valence-electron chi connectivity index (χ0n) is 12.8. The lowest BCUT2D eigenvalue weighted by atomic mass is 10.3. The van der Waals surface area contributed by atoms with Crippen molar-refractivity contribution in [3.63, 3.8) is 0 Å². The molecule has 0 aliphatic rings. The molecule has 116 valence electrons. The van der Waals surface area contributed by atoms with Gasteiger partial charge in [0.2, 0.25) is 0 Å². The van der Waals surface area contributed by atoms with Crippen molar-refractivity contribution in [3.8, 4) is 5.75 Å². The molecule has 0 unspecified atom stereocenters. The van der Waals surface area contributed by atoms with E-state index >= 15 is 0 Å². The van der Waals surface area contributed by atoms with E-state index in [0.717, 1.165) is 17.9 Å². The second-order valence-corrected chi connectivity index (χ2v) is 4.63. The van der Waals surface area contributed by atoms with Gasteiger partial charge in [-0.1, -0.05) is 6.92 Å². The molecule has 0 fully saturated rings. The van der Waals surface area contributed by atoms with Gasteiger partial charge in [-0.05, 0) is 37.6 Å². The second kappa shape index (κ2) is 7.97. The fourth-order valence-electron chi connectivity index (χ4n) is 1.83. The molecule has 2 rings (SSSR count). The Hall–Kier alpha value is -2.63. The van der Waals surface area contributed by atoms with Crippen LogP contribution < -0.4 is 15.4 Å². The number of aromatic nitrogens is 2. The number of rotatable bonds is 7. The van der Waals surface area contributed by atoms with Crippen LogP contribution in [0.25, 0.3) is 0 Å². The van der Waals surface area contributed by atoms with Gasteiger partial charge in [-0.2, -0.15) is 0 Å². The van der Waals surface area contributed by atoms with Gasteiger partial charge in [0.1, 0.15) is 23.6 Å². The summed E-state index contributed by atoms with van der Waals surface area (Å²) in [7, 11) is 0. The van der Waals surface area contributed by atoms with E-state index in [0.29, 0.717) is 24.7 Å². The Labute approximate surface area is 129 Å². The van der Waals surface area contributed by atoms with Crippen LogP contribution in [0.5, 0.6) is 5.75 Å². The monoisotopic (exact) mass is 300 g/mol. The van der Waals surface area contributed by atoms with E-state index in [9.17, 15) is 4.79 Å². The highest BCUT2D eigenvalue weighted by molar-refractivity contribution is 5.92. The summed E-state index contributed by atoms with van der Waals surface area (Å²) in [6.45, 7) is 5.21. The standard InChI is InChI=1S/C16H20N4O2/c1-3-9-17-16(21)14-10-15(19-11-18-14)20-12-5-7-13(8-6-12)22-4-2/h5-8,10-11H,3-4,9H2,1-2H3,(H,17,21)(H,18,19,20). The molecule has 0 aliphatic carbocycles. The second-order valence-electron chi connectivity index (χ2n) is 4.63. The number of amides is 1. The molecular weight excluding hydrogens is 280 g/mol. The fourth-order valence-corrected chi connectivity index (χ4v) is 1.83. The Morgan fingerprint density at radius 1 is 1.18 bits per heavy atom. The Kier molecular flexibility index (Phi) is 5.71. The first kappa shape index (κ1) is 15.8. The lowest BCUT2D eigenvalue weighted by Crippen LogP contribution is -2.25. The van der Waals surface area contributed by atoms with E-state index in [1.807, 2.05) is 38.1 Å². The van der Waals surface area contributed by atoms with Crippen molar-refractivity contribution < 1.29 is 9.53 Å². The van der Waals surface area contributed by atoms with E-state index in [1.165, 1.54) is 6.33 Å². The molecule has 2 N–H and O–H groups in total. The van der Waals surface area contributed by atoms with Crippen molar-refractivity contribution in [1.29, 1.82) is 0 Å². The number of hydrogen-bond donors (Lipinski definition) is 2. The van der Waals surface area contributed by atoms with Crippen molar-refractivity contribution >= 4 is 17.4 Å². The highest BCUT2D eigenvalue weighted by Crippen LogP contribution is 2.19. The van der Waals surface area contributed by atoms with E-state index in [-0.39, 0.29) is 5.91 Å². The summed E-state index contributed by atoms with van der Waals surface area (Å²) in [5.41, 5.74) is 1.21. The molecule has 0 atom stereocenters. The van der Waals surface area contributed by atoms with E-state index in [2.05, 4.69) is 20.6 Å². The minimum Gasteiger partial charge on any atom is -0.494 e. The largest absolute Gasteiger partial charge is 0.494 e. The van der Waals surface area contributed by atoms with Gasteiger partial charge in [-0.3, -0.25) is 4.79 Å². The maximum Gasteiger partial charge on any atom is 0.270 e. The molecule has 0 radical (unpaired) electrons. The number of benzene rings is 1. The van der Waals surface area contributed by atoms with Gasteiger partial charge in [0.05, 0.1) is 6.61 Å². The van der Waals surface area contributed by atoms with E-state index in [1.54, 1.807) is 6.07 Å². The normalized spacial score (nSPS) is 10.1. The van der Waals surface area contributed by atoms with Crippen LogP contribution in [0.3, 0.4) is 0 Å². The van der Waals surface area contributed by atoms with Crippen LogP contribution in [0.2, 0.25) is 0 Å². The number of hydrogen-bond acceptors (Lipinski definition) is 5. The smallest absolute Gasteiger partial charge is 0.270 e. The predicted octanol–water partition coefficient (Wildman–Crippen LogP) is 2.76. The number of nitrogens with zero attached hydrogens (tertiary/aromatic N) is 2. The Morgan fingerprint density at radius 2 is 1.95 bits per heavy atom. The van der Waals surface area contributed by atoms with Gasteiger partial charge in [-0.15, -0.1) is 0 Å². The molecule has 6 heteroatoms. The minimum absolute atomic E-state index is 0.195. The van der Waals surface area contributed by atoms with Crippen molar-refractivity contribution in [3.05, 3.63) is 42.4 Å². The molecule has 0 saturated heterocycles. The summed E-state index contributed by atoms with van der Waals surface area (Å²) in [5.74, 6) is 1.19. The third kappa shape index (κ3) is 4.44. The topological polar surface area (TPSA) is 76.1 Å². The van der Waals surface area contributed by atoms with Crippen LogP contribution in [0.15, 0.2) is 36.7 Å². The highest BCUT2D eigenvalue weighted by Gasteiger charge is 2.08. The van der Waals surface area contributed by atoms with E-state index < -0.39 is 0 Å². The average molecular weight is 300 g/mol. The first-order valence-corrected chi connectivity index (χ1v) is 7.33. The van der Waals surface area contributed by atoms with Crippen molar-refractivity contribution in [2.75, 3.05) is 18.5 Å². The van der Waals surface area contributed by atoms with Crippen LogP contribution in [-0.2, 0) is 0 Å².